The van der Waals surface area contributed by atoms with Crippen molar-refractivity contribution in [2.75, 3.05) is 26.2 Å². The van der Waals surface area contributed by atoms with E-state index < -0.39 is 0 Å². The molecule has 24 heavy (non-hydrogen) atoms. The Morgan fingerprint density at radius 2 is 2.17 bits per heavy atom. The summed E-state index contributed by atoms with van der Waals surface area (Å²) in [5, 5.41) is 10.0. The molecule has 7 heteroatoms. The standard InChI is InChI=1S/C17H25N5O2/c23-17(18-7-4-11-22-12-5-8-20-22)19-14-15(16-6-3-13-24-16)21-9-1-2-10-21/h3,5-6,8,12-13,15H,1-2,4,7,9-11,14H2,(H2,18,19,23)/t15-/m0/s1. The van der Waals surface area contributed by atoms with Crippen LogP contribution in [0, 0.1) is 0 Å². The molecule has 0 aromatic carbocycles. The molecule has 2 aromatic heterocycles. The number of likely N-dealkylation sites (tertiary alicyclic amines) is 1. The predicted molar refractivity (Wildman–Crippen MR) is 90.5 cm³/mol. The minimum Gasteiger partial charge on any atom is -0.468 e. The van der Waals surface area contributed by atoms with E-state index in [1.54, 1.807) is 12.5 Å². The molecule has 0 aliphatic carbocycles. The van der Waals surface area contributed by atoms with Crippen molar-refractivity contribution in [3.8, 4) is 0 Å². The number of rotatable bonds is 8. The Hall–Kier alpha value is -2.28. The molecule has 0 radical (unpaired) electrons. The van der Waals surface area contributed by atoms with Gasteiger partial charge in [0.2, 0.25) is 0 Å². The van der Waals surface area contributed by atoms with Gasteiger partial charge in [-0.3, -0.25) is 9.58 Å². The van der Waals surface area contributed by atoms with Crippen LogP contribution in [-0.4, -0.2) is 46.9 Å². The molecule has 0 spiro atoms. The quantitative estimate of drug-likeness (QED) is 0.726. The van der Waals surface area contributed by atoms with E-state index in [1.165, 1.54) is 12.8 Å². The Morgan fingerprint density at radius 1 is 1.29 bits per heavy atom. The summed E-state index contributed by atoms with van der Waals surface area (Å²) >= 11 is 0. The lowest BCUT2D eigenvalue weighted by Gasteiger charge is -2.26. The lowest BCUT2D eigenvalue weighted by molar-refractivity contribution is 0.203. The first kappa shape index (κ1) is 16.6. The zero-order valence-corrected chi connectivity index (χ0v) is 13.9. The molecule has 3 heterocycles. The second-order valence-corrected chi connectivity index (χ2v) is 6.03. The lowest BCUT2D eigenvalue weighted by atomic mass is 10.2. The molecule has 1 fully saturated rings. The fourth-order valence-corrected chi connectivity index (χ4v) is 3.07. The number of furan rings is 1. The summed E-state index contributed by atoms with van der Waals surface area (Å²) in [5.74, 6) is 0.913. The van der Waals surface area contributed by atoms with Crippen LogP contribution in [0.1, 0.15) is 31.1 Å². The Morgan fingerprint density at radius 3 is 2.88 bits per heavy atom. The predicted octanol–water partition coefficient (Wildman–Crippen LogP) is 2.00. The molecule has 1 saturated heterocycles. The van der Waals surface area contributed by atoms with E-state index >= 15 is 0 Å². The van der Waals surface area contributed by atoms with Crippen LogP contribution in [0.2, 0.25) is 0 Å². The maximum atomic E-state index is 12.0. The third-order valence-electron chi connectivity index (χ3n) is 4.32. The molecule has 3 rings (SSSR count). The number of aryl methyl sites for hydroxylation is 1. The van der Waals surface area contributed by atoms with Gasteiger partial charge in [0, 0.05) is 32.0 Å². The number of amides is 2. The molecule has 1 aliphatic heterocycles. The fraction of sp³-hybridized carbons (Fsp3) is 0.529. The lowest BCUT2D eigenvalue weighted by Crippen LogP contribution is -2.41. The van der Waals surface area contributed by atoms with Crippen molar-refractivity contribution in [2.45, 2.75) is 31.8 Å². The maximum Gasteiger partial charge on any atom is 0.314 e. The van der Waals surface area contributed by atoms with Gasteiger partial charge in [-0.05, 0) is 50.6 Å². The van der Waals surface area contributed by atoms with Crippen LogP contribution < -0.4 is 10.6 Å². The Kier molecular flexibility index (Phi) is 5.90. The third-order valence-corrected chi connectivity index (χ3v) is 4.32. The number of urea groups is 1. The summed E-state index contributed by atoms with van der Waals surface area (Å²) in [5.41, 5.74) is 0. The summed E-state index contributed by atoms with van der Waals surface area (Å²) < 4.78 is 7.42. The molecule has 130 valence electrons. The van der Waals surface area contributed by atoms with Gasteiger partial charge in [-0.15, -0.1) is 0 Å². The average Bonchev–Trinajstić information content (AvgIpc) is 3.34. The van der Waals surface area contributed by atoms with Gasteiger partial charge in [0.1, 0.15) is 5.76 Å². The average molecular weight is 331 g/mol. The smallest absolute Gasteiger partial charge is 0.314 e. The van der Waals surface area contributed by atoms with Crippen molar-refractivity contribution in [2.24, 2.45) is 0 Å². The largest absolute Gasteiger partial charge is 0.468 e. The molecule has 0 unspecified atom stereocenters. The molecular weight excluding hydrogens is 306 g/mol. The van der Waals surface area contributed by atoms with E-state index in [0.29, 0.717) is 13.1 Å². The number of carbonyl (C=O) groups is 1. The van der Waals surface area contributed by atoms with Gasteiger partial charge in [0.15, 0.2) is 0 Å². The highest BCUT2D eigenvalue weighted by Gasteiger charge is 2.25. The van der Waals surface area contributed by atoms with Crippen molar-refractivity contribution in [3.63, 3.8) is 0 Å². The zero-order valence-electron chi connectivity index (χ0n) is 13.9. The van der Waals surface area contributed by atoms with Gasteiger partial charge >= 0.3 is 6.03 Å². The van der Waals surface area contributed by atoms with Crippen LogP contribution in [0.25, 0.3) is 0 Å². The van der Waals surface area contributed by atoms with Gasteiger partial charge in [-0.25, -0.2) is 4.79 Å². The van der Waals surface area contributed by atoms with Crippen molar-refractivity contribution in [3.05, 3.63) is 42.6 Å². The normalized spacial score (nSPS) is 16.2. The van der Waals surface area contributed by atoms with E-state index in [1.807, 2.05) is 29.1 Å². The number of hydrogen-bond donors (Lipinski definition) is 2. The second kappa shape index (κ2) is 8.54. The SMILES string of the molecule is O=C(NCCCn1cccn1)NC[C@@H](c1ccco1)N1CCCC1. The van der Waals surface area contributed by atoms with Crippen LogP contribution in [0.3, 0.4) is 0 Å². The highest BCUT2D eigenvalue weighted by atomic mass is 16.3. The number of aromatic nitrogens is 2. The van der Waals surface area contributed by atoms with Crippen LogP contribution in [-0.2, 0) is 6.54 Å². The summed E-state index contributed by atoms with van der Waals surface area (Å²) in [7, 11) is 0. The van der Waals surface area contributed by atoms with Gasteiger partial charge in [0.25, 0.3) is 0 Å². The van der Waals surface area contributed by atoms with E-state index in [-0.39, 0.29) is 12.1 Å². The maximum absolute atomic E-state index is 12.0. The van der Waals surface area contributed by atoms with Gasteiger partial charge in [-0.1, -0.05) is 0 Å². The number of hydrogen-bond acceptors (Lipinski definition) is 4. The first-order valence-electron chi connectivity index (χ1n) is 8.59. The summed E-state index contributed by atoms with van der Waals surface area (Å²) in [6.07, 6.45) is 8.63. The van der Waals surface area contributed by atoms with Crippen LogP contribution >= 0.6 is 0 Å². The summed E-state index contributed by atoms with van der Waals surface area (Å²) in [4.78, 5) is 14.4. The first-order valence-corrected chi connectivity index (χ1v) is 8.59. The van der Waals surface area contributed by atoms with Crippen molar-refractivity contribution in [1.82, 2.24) is 25.3 Å². The van der Waals surface area contributed by atoms with E-state index in [4.69, 9.17) is 4.42 Å². The first-order chi connectivity index (χ1) is 11.8. The van der Waals surface area contributed by atoms with Gasteiger partial charge in [0.05, 0.1) is 12.3 Å². The molecule has 0 bridgehead atoms. The van der Waals surface area contributed by atoms with E-state index in [2.05, 4.69) is 20.6 Å². The minimum atomic E-state index is -0.133. The third kappa shape index (κ3) is 4.61. The van der Waals surface area contributed by atoms with Gasteiger partial charge in [-0.2, -0.15) is 5.10 Å². The number of carbonyl (C=O) groups excluding carboxylic acids is 1. The molecule has 1 atom stereocenters. The topological polar surface area (TPSA) is 75.3 Å². The molecule has 2 amide bonds. The zero-order chi connectivity index (χ0) is 16.6. The molecular formula is C17H25N5O2. The van der Waals surface area contributed by atoms with Gasteiger partial charge < -0.3 is 15.1 Å². The highest BCUT2D eigenvalue weighted by molar-refractivity contribution is 5.73. The monoisotopic (exact) mass is 331 g/mol. The summed E-state index contributed by atoms with van der Waals surface area (Å²) in [6, 6.07) is 5.75. The molecule has 2 N–H and O–H groups in total. The Labute approximate surface area is 142 Å². The van der Waals surface area contributed by atoms with Crippen molar-refractivity contribution < 1.29 is 9.21 Å². The molecule has 0 saturated carbocycles. The Bertz CT molecular complexity index is 591. The molecule has 2 aromatic rings. The molecule has 1 aliphatic rings. The fourth-order valence-electron chi connectivity index (χ4n) is 3.07. The highest BCUT2D eigenvalue weighted by Crippen LogP contribution is 2.24. The van der Waals surface area contributed by atoms with E-state index in [0.717, 1.165) is 31.8 Å². The Balaban J connectivity index is 1.39. The minimum absolute atomic E-state index is 0.109. The summed E-state index contributed by atoms with van der Waals surface area (Å²) in [6.45, 7) is 4.09. The van der Waals surface area contributed by atoms with Crippen LogP contribution in [0.5, 0.6) is 0 Å². The van der Waals surface area contributed by atoms with E-state index in [9.17, 15) is 4.79 Å². The second-order valence-electron chi connectivity index (χ2n) is 6.03. The molecule has 7 nitrogen and oxygen atoms in total. The van der Waals surface area contributed by atoms with Crippen LogP contribution in [0.15, 0.2) is 41.3 Å². The number of nitrogens with zero attached hydrogens (tertiary/aromatic N) is 3. The van der Waals surface area contributed by atoms with Crippen molar-refractivity contribution in [1.29, 1.82) is 0 Å². The van der Waals surface area contributed by atoms with Crippen LogP contribution in [0.4, 0.5) is 4.79 Å². The number of nitrogens with one attached hydrogen (secondary N) is 2. The van der Waals surface area contributed by atoms with Crippen molar-refractivity contribution >= 4 is 6.03 Å².